The van der Waals surface area contributed by atoms with E-state index in [2.05, 4.69) is 20.1 Å². The van der Waals surface area contributed by atoms with Crippen molar-refractivity contribution in [3.8, 4) is 0 Å². The van der Waals surface area contributed by atoms with Crippen LogP contribution in [0.1, 0.15) is 52.9 Å². The summed E-state index contributed by atoms with van der Waals surface area (Å²) in [7, 11) is 0. The highest BCUT2D eigenvalue weighted by Crippen LogP contribution is 2.52. The minimum Gasteiger partial charge on any atom is -0.294 e. The molecule has 2 aliphatic rings. The van der Waals surface area contributed by atoms with Crippen molar-refractivity contribution < 1.29 is 4.79 Å². The second-order valence-corrected chi connectivity index (χ2v) is 6.38. The van der Waals surface area contributed by atoms with E-state index in [1.807, 2.05) is 13.8 Å². The molecule has 0 N–H and O–H groups in total. The fourth-order valence-electron chi connectivity index (χ4n) is 3.44. The molecule has 18 heavy (non-hydrogen) atoms. The van der Waals surface area contributed by atoms with E-state index in [1.165, 1.54) is 18.4 Å². The summed E-state index contributed by atoms with van der Waals surface area (Å²) in [6.07, 6.45) is 5.34. The highest BCUT2D eigenvalue weighted by atomic mass is 16.1. The summed E-state index contributed by atoms with van der Waals surface area (Å²) in [6.45, 7) is 14.3. The van der Waals surface area contributed by atoms with E-state index in [-0.39, 0.29) is 5.41 Å². The number of carbonyl (C=O) groups is 1. The van der Waals surface area contributed by atoms with Crippen LogP contribution in [0.25, 0.3) is 0 Å². The van der Waals surface area contributed by atoms with Crippen molar-refractivity contribution in [2.75, 3.05) is 0 Å². The molecule has 0 heterocycles. The van der Waals surface area contributed by atoms with Crippen LogP contribution in [0.15, 0.2) is 35.5 Å². The van der Waals surface area contributed by atoms with E-state index in [1.54, 1.807) is 0 Å². The van der Waals surface area contributed by atoms with Gasteiger partial charge in [-0.3, -0.25) is 4.79 Å². The van der Waals surface area contributed by atoms with Crippen LogP contribution in [-0.4, -0.2) is 5.78 Å². The van der Waals surface area contributed by atoms with Gasteiger partial charge in [-0.05, 0) is 63.0 Å². The summed E-state index contributed by atoms with van der Waals surface area (Å²) >= 11 is 0. The van der Waals surface area contributed by atoms with Gasteiger partial charge in [0.25, 0.3) is 0 Å². The van der Waals surface area contributed by atoms with E-state index < -0.39 is 0 Å². The number of carbonyl (C=O) groups excluding carboxylic acids is 1. The van der Waals surface area contributed by atoms with E-state index >= 15 is 0 Å². The summed E-state index contributed by atoms with van der Waals surface area (Å²) in [6, 6.07) is 0. The lowest BCUT2D eigenvalue weighted by Gasteiger charge is -2.35. The van der Waals surface area contributed by atoms with Gasteiger partial charge in [-0.25, -0.2) is 0 Å². The molecule has 1 nitrogen and oxygen atoms in total. The summed E-state index contributed by atoms with van der Waals surface area (Å²) in [5.41, 5.74) is 3.89. The monoisotopic (exact) mass is 244 g/mol. The Balaban J connectivity index is 2.35. The molecular formula is C17H24O. The third-order valence-electron chi connectivity index (χ3n) is 4.70. The van der Waals surface area contributed by atoms with Gasteiger partial charge in [0.05, 0.1) is 0 Å². The van der Waals surface area contributed by atoms with Crippen molar-refractivity contribution in [2.24, 2.45) is 11.3 Å². The Morgan fingerprint density at radius 3 is 2.11 bits per heavy atom. The third kappa shape index (κ3) is 2.00. The fourth-order valence-corrected chi connectivity index (χ4v) is 3.44. The van der Waals surface area contributed by atoms with Gasteiger partial charge in [0.1, 0.15) is 0 Å². The smallest absolute Gasteiger partial charge is 0.169 e. The third-order valence-corrected chi connectivity index (χ3v) is 4.70. The molecule has 0 aromatic heterocycles. The van der Waals surface area contributed by atoms with Crippen molar-refractivity contribution in [2.45, 2.75) is 52.9 Å². The molecule has 1 fully saturated rings. The van der Waals surface area contributed by atoms with Gasteiger partial charge in [0.2, 0.25) is 0 Å². The molecule has 0 atom stereocenters. The molecule has 1 saturated carbocycles. The molecule has 0 aromatic carbocycles. The van der Waals surface area contributed by atoms with Crippen LogP contribution >= 0.6 is 0 Å². The molecule has 0 bridgehead atoms. The summed E-state index contributed by atoms with van der Waals surface area (Å²) in [5.74, 6) is 1.12. The Morgan fingerprint density at radius 1 is 1.17 bits per heavy atom. The molecule has 0 saturated heterocycles. The van der Waals surface area contributed by atoms with Crippen molar-refractivity contribution in [3.05, 3.63) is 35.5 Å². The summed E-state index contributed by atoms with van der Waals surface area (Å²) in [4.78, 5) is 12.8. The molecule has 2 rings (SSSR count). The first-order valence-electron chi connectivity index (χ1n) is 6.97. The number of hydrogen-bond donors (Lipinski definition) is 0. The lowest BCUT2D eigenvalue weighted by atomic mass is 9.67. The molecular weight excluding hydrogens is 220 g/mol. The Kier molecular flexibility index (Phi) is 3.35. The van der Waals surface area contributed by atoms with Crippen molar-refractivity contribution in [3.63, 3.8) is 0 Å². The van der Waals surface area contributed by atoms with Crippen LogP contribution in [-0.2, 0) is 4.79 Å². The van der Waals surface area contributed by atoms with E-state index in [9.17, 15) is 4.79 Å². The predicted octanol–water partition coefficient (Wildman–Crippen LogP) is 4.60. The number of ketones is 1. The largest absolute Gasteiger partial charge is 0.294 e. The number of allylic oxidation sites excluding steroid dienone is 4. The summed E-state index contributed by atoms with van der Waals surface area (Å²) in [5, 5.41) is 0. The molecule has 0 aromatic rings. The Hall–Kier alpha value is -1.11. The maximum Gasteiger partial charge on any atom is 0.169 e. The van der Waals surface area contributed by atoms with Crippen LogP contribution < -0.4 is 0 Å². The zero-order valence-corrected chi connectivity index (χ0v) is 11.9. The van der Waals surface area contributed by atoms with Gasteiger partial charge in [0, 0.05) is 11.0 Å². The average molecular weight is 244 g/mol. The van der Waals surface area contributed by atoms with Crippen LogP contribution in [0.3, 0.4) is 0 Å². The van der Waals surface area contributed by atoms with E-state index in [0.717, 1.165) is 41.9 Å². The lowest BCUT2D eigenvalue weighted by molar-refractivity contribution is -0.125. The molecule has 2 aliphatic carbocycles. The number of hydrogen-bond acceptors (Lipinski definition) is 1. The first-order valence-corrected chi connectivity index (χ1v) is 6.97. The van der Waals surface area contributed by atoms with Crippen molar-refractivity contribution in [1.82, 2.24) is 0 Å². The first-order chi connectivity index (χ1) is 8.37. The number of rotatable bonds is 2. The Labute approximate surface area is 111 Å². The van der Waals surface area contributed by atoms with E-state index in [4.69, 9.17) is 0 Å². The number of Topliss-reactive ketones (excluding diaryl/α,β-unsaturated/α-hetero) is 1. The van der Waals surface area contributed by atoms with Crippen molar-refractivity contribution >= 4 is 5.78 Å². The molecule has 1 heteroatoms. The van der Waals surface area contributed by atoms with Crippen molar-refractivity contribution in [1.29, 1.82) is 0 Å². The molecule has 1 spiro atoms. The normalized spacial score (nSPS) is 32.2. The maximum atomic E-state index is 12.8. The Morgan fingerprint density at radius 2 is 1.72 bits per heavy atom. The average Bonchev–Trinajstić information content (AvgIpc) is 2.58. The topological polar surface area (TPSA) is 17.1 Å². The summed E-state index contributed by atoms with van der Waals surface area (Å²) < 4.78 is 0. The lowest BCUT2D eigenvalue weighted by Crippen LogP contribution is -2.32. The van der Waals surface area contributed by atoms with Gasteiger partial charge < -0.3 is 0 Å². The van der Waals surface area contributed by atoms with Crippen LogP contribution in [0.5, 0.6) is 0 Å². The molecule has 0 aliphatic heterocycles. The van der Waals surface area contributed by atoms with Crippen LogP contribution in [0.4, 0.5) is 0 Å². The molecule has 0 amide bonds. The highest BCUT2D eigenvalue weighted by Gasteiger charge is 2.47. The quantitative estimate of drug-likeness (QED) is 0.693. The minimum absolute atomic E-state index is 0.116. The SMILES string of the molecule is C=C(C)C1=C(C(=C)C)C(=O)C2(CCC(C)CC2)C1. The first kappa shape index (κ1) is 13.3. The van der Waals surface area contributed by atoms with Gasteiger partial charge >= 0.3 is 0 Å². The highest BCUT2D eigenvalue weighted by molar-refractivity contribution is 6.07. The second-order valence-electron chi connectivity index (χ2n) is 6.38. The van der Waals surface area contributed by atoms with Crippen LogP contribution in [0.2, 0.25) is 0 Å². The Bertz CT molecular complexity index is 442. The van der Waals surface area contributed by atoms with Gasteiger partial charge in [-0.15, -0.1) is 0 Å². The van der Waals surface area contributed by atoms with E-state index in [0.29, 0.717) is 5.78 Å². The van der Waals surface area contributed by atoms with Crippen LogP contribution in [0, 0.1) is 11.3 Å². The zero-order valence-electron chi connectivity index (χ0n) is 11.9. The molecule has 98 valence electrons. The molecule has 0 radical (unpaired) electrons. The van der Waals surface area contributed by atoms with Gasteiger partial charge in [0.15, 0.2) is 5.78 Å². The van der Waals surface area contributed by atoms with Gasteiger partial charge in [-0.1, -0.05) is 25.7 Å². The fraction of sp³-hybridized carbons (Fsp3) is 0.588. The zero-order chi connectivity index (χ0) is 13.5. The standard InChI is InChI=1S/C17H24O/c1-11(2)14-10-17(8-6-13(5)7-9-17)16(18)15(14)12(3)4/h13H,1,3,6-10H2,2,4-5H3. The second kappa shape index (κ2) is 4.53. The van der Waals surface area contributed by atoms with Gasteiger partial charge in [-0.2, -0.15) is 0 Å². The minimum atomic E-state index is -0.116. The predicted molar refractivity (Wildman–Crippen MR) is 76.3 cm³/mol. The maximum absolute atomic E-state index is 12.8. The molecule has 0 unspecified atom stereocenters.